The molecular weight excluding hydrogens is 433 g/mol. The molecule has 2 unspecified atom stereocenters. The van der Waals surface area contributed by atoms with Gasteiger partial charge < -0.3 is 10.2 Å². The maximum Gasteiger partial charge on any atom is 0.303 e. The van der Waals surface area contributed by atoms with Crippen molar-refractivity contribution in [2.45, 2.75) is 50.4 Å². The third kappa shape index (κ3) is 8.53. The quantitative estimate of drug-likeness (QED) is 0.482. The second-order valence-electron chi connectivity index (χ2n) is 7.95. The van der Waals surface area contributed by atoms with E-state index >= 15 is 0 Å². The molecule has 2 saturated carbocycles. The first-order chi connectivity index (χ1) is 15.0. The summed E-state index contributed by atoms with van der Waals surface area (Å²) in [6.45, 7) is 0. The summed E-state index contributed by atoms with van der Waals surface area (Å²) >= 11 is 11.6. The number of aliphatic hydroxyl groups is 1. The highest BCUT2D eigenvalue weighted by molar-refractivity contribution is 6.30. The normalized spacial score (nSPS) is 16.5. The average molecular weight is 462 g/mol. The lowest BCUT2D eigenvalue weighted by Crippen LogP contribution is -2.08. The van der Waals surface area contributed by atoms with Crippen molar-refractivity contribution in [3.8, 4) is 6.07 Å². The maximum absolute atomic E-state index is 10.8. The third-order valence-electron chi connectivity index (χ3n) is 5.68. The molecule has 2 atom stereocenters. The van der Waals surface area contributed by atoms with Gasteiger partial charge in [-0.2, -0.15) is 5.26 Å². The van der Waals surface area contributed by atoms with Gasteiger partial charge in [0.25, 0.3) is 0 Å². The average Bonchev–Trinajstić information content (AvgIpc) is 3.67. The highest BCUT2D eigenvalue weighted by Crippen LogP contribution is 2.45. The Bertz CT molecular complexity index is 854. The van der Waals surface area contributed by atoms with Gasteiger partial charge in [-0.3, -0.25) is 4.79 Å². The fourth-order valence-corrected chi connectivity index (χ4v) is 4.07. The molecule has 4 rings (SSSR count). The molecule has 31 heavy (non-hydrogen) atoms. The molecular formula is C25H29Cl2NO3. The molecule has 166 valence electrons. The molecule has 0 aromatic heterocycles. The van der Waals surface area contributed by atoms with Crippen molar-refractivity contribution in [2.75, 3.05) is 7.11 Å². The lowest BCUT2D eigenvalue weighted by molar-refractivity contribution is -0.137. The fourth-order valence-electron chi connectivity index (χ4n) is 3.82. The van der Waals surface area contributed by atoms with Crippen molar-refractivity contribution < 1.29 is 15.0 Å². The Morgan fingerprint density at radius 2 is 1.29 bits per heavy atom. The predicted octanol–water partition coefficient (Wildman–Crippen LogP) is 6.66. The standard InChI is InChI=1S/C12H12ClN.C12H13ClO2.CH4O/c13-11-5-3-10(4-6-11)12(7-8-14)9-1-2-9;13-10-5-3-9(4-6-10)11(7-12(14)15)8-1-2-8;1-2/h3-6,9,12H,1-2,7H2;3-6,8,11H,1-2,7H2,(H,14,15);2H,1H3. The van der Waals surface area contributed by atoms with Crippen LogP contribution in [0.1, 0.15) is 61.5 Å². The monoisotopic (exact) mass is 461 g/mol. The van der Waals surface area contributed by atoms with E-state index in [1.807, 2.05) is 48.5 Å². The summed E-state index contributed by atoms with van der Waals surface area (Å²) in [7, 11) is 1.00. The van der Waals surface area contributed by atoms with E-state index in [0.717, 1.165) is 36.5 Å². The molecule has 2 aromatic carbocycles. The summed E-state index contributed by atoms with van der Waals surface area (Å²) < 4.78 is 0. The van der Waals surface area contributed by atoms with Crippen LogP contribution in [0.15, 0.2) is 48.5 Å². The number of carboxylic acids is 1. The van der Waals surface area contributed by atoms with E-state index in [9.17, 15) is 4.79 Å². The molecule has 0 aliphatic heterocycles. The number of aliphatic hydroxyl groups excluding tert-OH is 1. The SMILES string of the molecule is CO.N#CCC(c1ccc(Cl)cc1)C1CC1.O=C(O)CC(c1ccc(Cl)cc1)C1CC1. The molecule has 6 heteroatoms. The third-order valence-corrected chi connectivity index (χ3v) is 6.19. The molecule has 2 aliphatic carbocycles. The van der Waals surface area contributed by atoms with E-state index in [0.29, 0.717) is 23.3 Å². The van der Waals surface area contributed by atoms with Gasteiger partial charge in [0.1, 0.15) is 0 Å². The molecule has 0 bridgehead atoms. The van der Waals surface area contributed by atoms with Crippen LogP contribution in [0, 0.1) is 23.2 Å². The van der Waals surface area contributed by atoms with Gasteiger partial charge in [0.15, 0.2) is 0 Å². The van der Waals surface area contributed by atoms with Crippen LogP contribution in [-0.4, -0.2) is 23.3 Å². The van der Waals surface area contributed by atoms with Crippen LogP contribution < -0.4 is 0 Å². The molecule has 2 N–H and O–H groups in total. The number of nitriles is 1. The van der Waals surface area contributed by atoms with Crippen LogP contribution in [0.3, 0.4) is 0 Å². The van der Waals surface area contributed by atoms with E-state index in [2.05, 4.69) is 6.07 Å². The van der Waals surface area contributed by atoms with Crippen molar-refractivity contribution in [3.05, 3.63) is 69.7 Å². The van der Waals surface area contributed by atoms with Crippen LogP contribution in [0.2, 0.25) is 10.0 Å². The van der Waals surface area contributed by atoms with E-state index < -0.39 is 5.97 Å². The van der Waals surface area contributed by atoms with Crippen LogP contribution in [-0.2, 0) is 4.79 Å². The molecule has 0 saturated heterocycles. The first-order valence-corrected chi connectivity index (χ1v) is 11.3. The number of carboxylic acid groups (broad SMARTS) is 1. The Labute approximate surface area is 194 Å². The van der Waals surface area contributed by atoms with Gasteiger partial charge in [-0.1, -0.05) is 47.5 Å². The van der Waals surface area contributed by atoms with Crippen LogP contribution >= 0.6 is 23.2 Å². The summed E-state index contributed by atoms with van der Waals surface area (Å²) in [5.74, 6) is 1.16. The zero-order valence-electron chi connectivity index (χ0n) is 17.7. The van der Waals surface area contributed by atoms with Gasteiger partial charge >= 0.3 is 5.97 Å². The number of aliphatic carboxylic acids is 1. The van der Waals surface area contributed by atoms with E-state index in [4.69, 9.17) is 38.7 Å². The van der Waals surface area contributed by atoms with Crippen LogP contribution in [0.25, 0.3) is 0 Å². The van der Waals surface area contributed by atoms with Gasteiger partial charge in [-0.15, -0.1) is 0 Å². The highest BCUT2D eigenvalue weighted by Gasteiger charge is 2.33. The zero-order chi connectivity index (χ0) is 22.8. The molecule has 0 radical (unpaired) electrons. The maximum atomic E-state index is 10.8. The van der Waals surface area contributed by atoms with Gasteiger partial charge in [0.05, 0.1) is 12.5 Å². The molecule has 2 fully saturated rings. The van der Waals surface area contributed by atoms with Crippen LogP contribution in [0.4, 0.5) is 0 Å². The number of halogens is 2. The van der Waals surface area contributed by atoms with Gasteiger partial charge in [-0.05, 0) is 84.7 Å². The van der Waals surface area contributed by atoms with Crippen molar-refractivity contribution >= 4 is 29.2 Å². The Kier molecular flexibility index (Phi) is 10.3. The molecule has 0 amide bonds. The van der Waals surface area contributed by atoms with Crippen molar-refractivity contribution in [1.82, 2.24) is 0 Å². The summed E-state index contributed by atoms with van der Waals surface area (Å²) in [6.07, 6.45) is 5.71. The molecule has 4 nitrogen and oxygen atoms in total. The van der Waals surface area contributed by atoms with E-state index in [1.54, 1.807) is 0 Å². The number of carbonyl (C=O) groups is 1. The minimum atomic E-state index is -0.721. The zero-order valence-corrected chi connectivity index (χ0v) is 19.2. The number of hydrogen-bond acceptors (Lipinski definition) is 3. The number of benzene rings is 2. The summed E-state index contributed by atoms with van der Waals surface area (Å²) in [6, 6.07) is 17.7. The topological polar surface area (TPSA) is 81.3 Å². The van der Waals surface area contributed by atoms with Gasteiger partial charge in [0, 0.05) is 23.6 Å². The summed E-state index contributed by atoms with van der Waals surface area (Å²) in [5, 5.41) is 26.1. The highest BCUT2D eigenvalue weighted by atomic mass is 35.5. The minimum Gasteiger partial charge on any atom is -0.481 e. The van der Waals surface area contributed by atoms with Gasteiger partial charge in [-0.25, -0.2) is 0 Å². The van der Waals surface area contributed by atoms with E-state index in [1.165, 1.54) is 18.4 Å². The van der Waals surface area contributed by atoms with Crippen LogP contribution in [0.5, 0.6) is 0 Å². The molecule has 0 heterocycles. The Balaban J connectivity index is 0.000000204. The Morgan fingerprint density at radius 3 is 1.65 bits per heavy atom. The van der Waals surface area contributed by atoms with E-state index in [-0.39, 0.29) is 12.3 Å². The Morgan fingerprint density at radius 1 is 0.903 bits per heavy atom. The first-order valence-electron chi connectivity index (χ1n) is 10.5. The summed E-state index contributed by atoms with van der Waals surface area (Å²) in [5.41, 5.74) is 2.36. The first kappa shape index (κ1) is 25.2. The second kappa shape index (κ2) is 12.7. The van der Waals surface area contributed by atoms with Crippen molar-refractivity contribution in [3.63, 3.8) is 0 Å². The van der Waals surface area contributed by atoms with Crippen molar-refractivity contribution in [2.24, 2.45) is 11.8 Å². The van der Waals surface area contributed by atoms with Crippen molar-refractivity contribution in [1.29, 1.82) is 5.26 Å². The fraction of sp³-hybridized carbons (Fsp3) is 0.440. The molecule has 2 aliphatic rings. The molecule has 0 spiro atoms. The number of nitrogens with zero attached hydrogens (tertiary/aromatic N) is 1. The lowest BCUT2D eigenvalue weighted by atomic mass is 9.91. The lowest BCUT2D eigenvalue weighted by Gasteiger charge is -2.14. The smallest absolute Gasteiger partial charge is 0.303 e. The molecule has 2 aromatic rings. The number of hydrogen-bond donors (Lipinski definition) is 2. The Hall–Kier alpha value is -2.06. The minimum absolute atomic E-state index is 0.166. The van der Waals surface area contributed by atoms with Gasteiger partial charge in [0.2, 0.25) is 0 Å². The second-order valence-corrected chi connectivity index (χ2v) is 8.82. The summed E-state index contributed by atoms with van der Waals surface area (Å²) in [4.78, 5) is 10.8. The largest absolute Gasteiger partial charge is 0.481 e. The number of rotatable bonds is 7. The predicted molar refractivity (Wildman–Crippen MR) is 124 cm³/mol.